The summed E-state index contributed by atoms with van der Waals surface area (Å²) in [5, 5.41) is 10.1. The molecule has 0 aliphatic rings. The topological polar surface area (TPSA) is 49.7 Å². The SMILES string of the molecule is O=C(O)[C@H](C[Se])N=C[Se]. The van der Waals surface area contributed by atoms with Crippen molar-refractivity contribution >= 4 is 43.1 Å². The molecule has 0 aliphatic carbocycles. The first-order valence-electron chi connectivity index (χ1n) is 2.17. The number of carbonyl (C=O) groups is 1. The molecule has 0 aliphatic heterocycles. The van der Waals surface area contributed by atoms with E-state index in [9.17, 15) is 4.79 Å². The van der Waals surface area contributed by atoms with E-state index in [0.717, 1.165) is 0 Å². The van der Waals surface area contributed by atoms with Crippen LogP contribution in [0.3, 0.4) is 0 Å². The van der Waals surface area contributed by atoms with Crippen LogP contribution in [0.4, 0.5) is 0 Å². The Labute approximate surface area is 69.6 Å². The molecule has 0 bridgehead atoms. The minimum atomic E-state index is -0.903. The Morgan fingerprint density at radius 3 is 2.56 bits per heavy atom. The van der Waals surface area contributed by atoms with Gasteiger partial charge in [-0.3, -0.25) is 0 Å². The number of aliphatic imine (C=N–C) groups is 1. The van der Waals surface area contributed by atoms with Gasteiger partial charge < -0.3 is 0 Å². The fourth-order valence-electron chi connectivity index (χ4n) is 0.252. The van der Waals surface area contributed by atoms with Gasteiger partial charge in [-0.1, -0.05) is 0 Å². The van der Waals surface area contributed by atoms with E-state index in [2.05, 4.69) is 37.0 Å². The number of carboxylic acid groups (broad SMARTS) is 1. The Kier molecular flexibility index (Phi) is 5.10. The van der Waals surface area contributed by atoms with Gasteiger partial charge in [-0.2, -0.15) is 0 Å². The molecule has 0 aromatic rings. The number of aliphatic carboxylic acids is 1. The molecule has 3 nitrogen and oxygen atoms in total. The summed E-state index contributed by atoms with van der Waals surface area (Å²) in [4.78, 5) is 13.8. The average Bonchev–Trinajstić information content (AvgIpc) is 1.82. The van der Waals surface area contributed by atoms with Crippen molar-refractivity contribution < 1.29 is 9.90 Å². The average molecular weight is 257 g/mol. The monoisotopic (exact) mass is 259 g/mol. The molecule has 0 unspecified atom stereocenters. The zero-order valence-corrected chi connectivity index (χ0v) is 7.91. The molecule has 0 heterocycles. The van der Waals surface area contributed by atoms with Crippen molar-refractivity contribution in [3.63, 3.8) is 0 Å². The summed E-state index contributed by atoms with van der Waals surface area (Å²) >= 11 is 5.09. The van der Waals surface area contributed by atoms with E-state index >= 15 is 0 Å². The van der Waals surface area contributed by atoms with Crippen molar-refractivity contribution in [1.82, 2.24) is 0 Å². The second-order valence-corrected chi connectivity index (χ2v) is 2.42. The van der Waals surface area contributed by atoms with Gasteiger partial charge in [-0.15, -0.1) is 0 Å². The molecule has 9 heavy (non-hydrogen) atoms. The number of hydrogen-bond donors (Lipinski definition) is 1. The number of rotatable bonds is 3. The van der Waals surface area contributed by atoms with Crippen LogP contribution in [0, 0.1) is 0 Å². The Morgan fingerprint density at radius 2 is 2.44 bits per heavy atom. The van der Waals surface area contributed by atoms with Crippen LogP contribution in [0.25, 0.3) is 0 Å². The molecule has 1 atom stereocenters. The molecule has 0 fully saturated rings. The normalized spacial score (nSPS) is 13.9. The van der Waals surface area contributed by atoms with E-state index in [4.69, 9.17) is 5.11 Å². The van der Waals surface area contributed by atoms with Crippen molar-refractivity contribution in [1.29, 1.82) is 0 Å². The summed E-state index contributed by atoms with van der Waals surface area (Å²) in [7, 11) is 0. The standard InChI is InChI=1S/C4H5NO2Se2/c6-4(7)3(1-8)5-2-9/h2-3H,1H2,(H,6,7)/t3-/m0/s1. The number of hydrogen-bond acceptors (Lipinski definition) is 2. The third kappa shape index (κ3) is 3.71. The van der Waals surface area contributed by atoms with Crippen LogP contribution in [-0.2, 0) is 4.79 Å². The summed E-state index contributed by atoms with van der Waals surface area (Å²) in [5.74, 6) is -0.903. The molecule has 2 radical (unpaired) electrons. The third-order valence-corrected chi connectivity index (χ3v) is 1.60. The van der Waals surface area contributed by atoms with Gasteiger partial charge in [0.2, 0.25) is 0 Å². The van der Waals surface area contributed by atoms with Crippen molar-refractivity contribution in [2.75, 3.05) is 0 Å². The molecule has 0 aromatic heterocycles. The number of nitrogens with zero attached hydrogens (tertiary/aromatic N) is 1. The summed E-state index contributed by atoms with van der Waals surface area (Å²) in [6, 6.07) is -0.633. The van der Waals surface area contributed by atoms with Gasteiger partial charge in [-0.25, -0.2) is 0 Å². The Balaban J connectivity index is 3.83. The van der Waals surface area contributed by atoms with Gasteiger partial charge >= 0.3 is 69.4 Å². The first kappa shape index (κ1) is 9.18. The molecule has 0 saturated heterocycles. The Hall–Kier alpha value is 0.179. The second kappa shape index (κ2) is 5.00. The predicted octanol–water partition coefficient (Wildman–Crippen LogP) is -0.777. The third-order valence-electron chi connectivity index (χ3n) is 0.684. The summed E-state index contributed by atoms with van der Waals surface area (Å²) in [6.07, 6.45) is 0. The maximum atomic E-state index is 10.2. The molecular weight excluding hydrogens is 252 g/mol. The molecular formula is C4H5NO2Se2. The van der Waals surface area contributed by atoms with Crippen LogP contribution in [0.2, 0.25) is 5.32 Å². The van der Waals surface area contributed by atoms with Crippen LogP contribution < -0.4 is 0 Å². The summed E-state index contributed by atoms with van der Waals surface area (Å²) < 4.78 is 0. The molecule has 0 spiro atoms. The molecule has 0 saturated carbocycles. The van der Waals surface area contributed by atoms with E-state index in [1.54, 1.807) is 0 Å². The first-order chi connectivity index (χ1) is 4.22. The maximum absolute atomic E-state index is 10.2. The van der Waals surface area contributed by atoms with Crippen molar-refractivity contribution in [3.8, 4) is 0 Å². The molecule has 1 N–H and O–H groups in total. The molecule has 0 rings (SSSR count). The summed E-state index contributed by atoms with van der Waals surface area (Å²) in [6.45, 7) is 0. The van der Waals surface area contributed by atoms with Crippen LogP contribution in [-0.4, -0.2) is 54.3 Å². The second-order valence-electron chi connectivity index (χ2n) is 1.28. The van der Waals surface area contributed by atoms with E-state index < -0.39 is 12.0 Å². The van der Waals surface area contributed by atoms with Crippen molar-refractivity contribution in [2.45, 2.75) is 11.4 Å². The molecule has 5 heteroatoms. The van der Waals surface area contributed by atoms with Crippen LogP contribution in [0.1, 0.15) is 0 Å². The Bertz CT molecular complexity index is 126. The van der Waals surface area contributed by atoms with E-state index in [1.807, 2.05) is 0 Å². The fraction of sp³-hybridized carbons (Fsp3) is 0.500. The van der Waals surface area contributed by atoms with Crippen molar-refractivity contribution in [2.24, 2.45) is 4.99 Å². The van der Waals surface area contributed by atoms with Crippen LogP contribution in [0.5, 0.6) is 0 Å². The van der Waals surface area contributed by atoms with Gasteiger partial charge in [0.05, 0.1) is 0 Å². The summed E-state index contributed by atoms with van der Waals surface area (Å²) in [5.41, 5.74) is 0. The molecule has 0 aromatic carbocycles. The van der Waals surface area contributed by atoms with Gasteiger partial charge in [-0.05, 0) is 0 Å². The van der Waals surface area contributed by atoms with E-state index in [1.165, 1.54) is 5.11 Å². The van der Waals surface area contributed by atoms with Gasteiger partial charge in [0.25, 0.3) is 0 Å². The first-order valence-corrected chi connectivity index (χ1v) is 4.37. The number of carboxylic acids is 1. The van der Waals surface area contributed by atoms with Crippen LogP contribution >= 0.6 is 0 Å². The molecule has 0 amide bonds. The van der Waals surface area contributed by atoms with Gasteiger partial charge in [0.15, 0.2) is 0 Å². The van der Waals surface area contributed by atoms with Gasteiger partial charge in [0, 0.05) is 0 Å². The van der Waals surface area contributed by atoms with Crippen molar-refractivity contribution in [3.05, 3.63) is 0 Å². The zero-order valence-electron chi connectivity index (χ0n) is 4.48. The van der Waals surface area contributed by atoms with Crippen LogP contribution in [0.15, 0.2) is 4.99 Å². The quantitative estimate of drug-likeness (QED) is 0.532. The Morgan fingerprint density at radius 1 is 1.89 bits per heavy atom. The fourth-order valence-corrected chi connectivity index (χ4v) is 1.04. The zero-order chi connectivity index (χ0) is 7.28. The minimum absolute atomic E-state index is 0.410. The van der Waals surface area contributed by atoms with E-state index in [0.29, 0.717) is 5.32 Å². The predicted molar refractivity (Wildman–Crippen MR) is 36.2 cm³/mol. The molecule has 50 valence electrons. The van der Waals surface area contributed by atoms with E-state index in [-0.39, 0.29) is 0 Å². The van der Waals surface area contributed by atoms with Gasteiger partial charge in [0.1, 0.15) is 0 Å².